The maximum Gasteiger partial charge on any atom is 0.461 e. The molecule has 0 rings (SSSR count). The van der Waals surface area contributed by atoms with Crippen LogP contribution < -0.4 is 5.32 Å². The fourth-order valence-electron chi connectivity index (χ4n) is 1.49. The zero-order chi connectivity index (χ0) is 15.1. The molecule has 0 unspecified atom stereocenters. The van der Waals surface area contributed by atoms with Gasteiger partial charge in [-0.05, 0) is 13.3 Å². The molecule has 7 heteroatoms. The van der Waals surface area contributed by atoms with Crippen LogP contribution >= 0.6 is 0 Å². The number of nitrogens with one attached hydrogen (secondary N) is 1. The van der Waals surface area contributed by atoms with E-state index in [9.17, 15) is 14.4 Å². The Hall–Kier alpha value is -1.63. The number of hydrogen-bond acceptors (Lipinski definition) is 5. The van der Waals surface area contributed by atoms with Crippen molar-refractivity contribution in [3.8, 4) is 0 Å². The molecule has 0 saturated heterocycles. The molecule has 0 aromatic rings. The molecule has 1 N–H and O–H groups in total. The summed E-state index contributed by atoms with van der Waals surface area (Å²) in [5, 5.41) is 2.66. The summed E-state index contributed by atoms with van der Waals surface area (Å²) in [5.41, 5.74) is 0.431. The van der Waals surface area contributed by atoms with Crippen molar-refractivity contribution in [2.75, 3.05) is 6.54 Å². The van der Waals surface area contributed by atoms with Crippen LogP contribution in [0.25, 0.3) is 0 Å². The maximum atomic E-state index is 11.3. The number of carbonyl (C=O) groups excluding carboxylic acids is 3. The minimum atomic E-state index is -2.85. The fourth-order valence-corrected chi connectivity index (χ4v) is 3.77. The second kappa shape index (κ2) is 7.73. The van der Waals surface area contributed by atoms with E-state index in [1.165, 1.54) is 13.8 Å². The van der Waals surface area contributed by atoms with E-state index in [0.717, 1.165) is 0 Å². The van der Waals surface area contributed by atoms with Crippen molar-refractivity contribution < 1.29 is 23.2 Å². The van der Waals surface area contributed by atoms with E-state index in [4.69, 9.17) is 8.85 Å². The molecule has 0 bridgehead atoms. The Bertz CT molecular complexity index is 364. The van der Waals surface area contributed by atoms with Crippen molar-refractivity contribution in [3.05, 3.63) is 12.2 Å². The summed E-state index contributed by atoms with van der Waals surface area (Å²) in [7, 11) is -2.85. The lowest BCUT2D eigenvalue weighted by atomic mass is 10.3. The summed E-state index contributed by atoms with van der Waals surface area (Å²) in [6.07, 6.45) is 0.558. The molecule has 6 nitrogen and oxygen atoms in total. The third-order valence-corrected chi connectivity index (χ3v) is 4.90. The molecule has 0 radical (unpaired) electrons. The van der Waals surface area contributed by atoms with Crippen LogP contribution in [0.15, 0.2) is 12.2 Å². The van der Waals surface area contributed by atoms with Crippen molar-refractivity contribution in [2.24, 2.45) is 0 Å². The first-order chi connectivity index (χ1) is 8.66. The van der Waals surface area contributed by atoms with E-state index in [-0.39, 0.29) is 5.91 Å². The Kier molecular flexibility index (Phi) is 7.06. The quantitative estimate of drug-likeness (QED) is 0.433. The van der Waals surface area contributed by atoms with E-state index in [1.54, 1.807) is 13.5 Å². The highest BCUT2D eigenvalue weighted by Gasteiger charge is 2.37. The van der Waals surface area contributed by atoms with Crippen molar-refractivity contribution in [1.29, 1.82) is 0 Å². The van der Waals surface area contributed by atoms with Gasteiger partial charge in [-0.2, -0.15) is 0 Å². The van der Waals surface area contributed by atoms with Gasteiger partial charge in [-0.25, -0.2) is 0 Å². The summed E-state index contributed by atoms with van der Waals surface area (Å²) >= 11 is 0. The van der Waals surface area contributed by atoms with Crippen molar-refractivity contribution in [3.63, 3.8) is 0 Å². The van der Waals surface area contributed by atoms with Gasteiger partial charge in [-0.3, -0.25) is 14.4 Å². The second-order valence-electron chi connectivity index (χ2n) is 4.46. The lowest BCUT2D eigenvalue weighted by Crippen LogP contribution is -2.42. The monoisotopic (exact) mass is 287 g/mol. The van der Waals surface area contributed by atoms with Gasteiger partial charge >= 0.3 is 8.56 Å². The van der Waals surface area contributed by atoms with E-state index in [1.807, 2.05) is 0 Å². The Morgan fingerprint density at radius 1 is 1.11 bits per heavy atom. The van der Waals surface area contributed by atoms with Crippen molar-refractivity contribution in [2.45, 2.75) is 39.8 Å². The van der Waals surface area contributed by atoms with Gasteiger partial charge in [-0.1, -0.05) is 6.58 Å². The summed E-state index contributed by atoms with van der Waals surface area (Å²) in [4.78, 5) is 33.3. The molecule has 0 atom stereocenters. The highest BCUT2D eigenvalue weighted by atomic mass is 28.4. The zero-order valence-corrected chi connectivity index (χ0v) is 12.9. The molecule has 0 aliphatic rings. The number of carbonyl (C=O) groups is 3. The second-order valence-corrected chi connectivity index (χ2v) is 7.64. The lowest BCUT2D eigenvalue weighted by Gasteiger charge is -2.24. The highest BCUT2D eigenvalue weighted by Crippen LogP contribution is 2.16. The molecule has 108 valence electrons. The largest absolute Gasteiger partial charge is 0.485 e. The van der Waals surface area contributed by atoms with Crippen LogP contribution in [0.2, 0.25) is 12.6 Å². The van der Waals surface area contributed by atoms with Crippen molar-refractivity contribution >= 4 is 26.4 Å². The average Bonchev–Trinajstić information content (AvgIpc) is 2.21. The predicted octanol–water partition coefficient (Wildman–Crippen LogP) is 1.27. The standard InChI is InChI=1S/C12H21NO5Si/c1-9(2)12(16)13-7-6-8-19(5,17-10(3)14)18-11(4)15/h1,6-8H2,2-5H3,(H,13,16). The molecular formula is C12H21NO5Si. The number of amides is 1. The maximum absolute atomic E-state index is 11.3. The Morgan fingerprint density at radius 3 is 1.95 bits per heavy atom. The molecule has 0 aromatic heterocycles. The van der Waals surface area contributed by atoms with E-state index in [0.29, 0.717) is 24.6 Å². The first-order valence-electron chi connectivity index (χ1n) is 5.99. The van der Waals surface area contributed by atoms with Gasteiger partial charge in [-0.15, -0.1) is 0 Å². The molecule has 0 aromatic carbocycles. The van der Waals surface area contributed by atoms with Crippen LogP contribution in [0.1, 0.15) is 27.2 Å². The van der Waals surface area contributed by atoms with Crippen molar-refractivity contribution in [1.82, 2.24) is 5.32 Å². The SMILES string of the molecule is C=C(C)C(=O)NCCC[Si](C)(OC(C)=O)OC(C)=O. The van der Waals surface area contributed by atoms with Gasteiger partial charge in [0.05, 0.1) is 0 Å². The summed E-state index contributed by atoms with van der Waals surface area (Å²) in [5.74, 6) is -1.16. The van der Waals surface area contributed by atoms with Gasteiger partial charge < -0.3 is 14.2 Å². The molecule has 0 spiro atoms. The van der Waals surface area contributed by atoms with Gasteiger partial charge in [0.15, 0.2) is 0 Å². The highest BCUT2D eigenvalue weighted by molar-refractivity contribution is 6.69. The fraction of sp³-hybridized carbons (Fsp3) is 0.583. The van der Waals surface area contributed by atoms with E-state index >= 15 is 0 Å². The Balaban J connectivity index is 4.27. The first kappa shape index (κ1) is 17.4. The molecule has 0 fully saturated rings. The summed E-state index contributed by atoms with van der Waals surface area (Å²) < 4.78 is 10.3. The number of rotatable bonds is 7. The van der Waals surface area contributed by atoms with Gasteiger partial charge in [0.25, 0.3) is 11.9 Å². The summed E-state index contributed by atoms with van der Waals surface area (Å²) in [6, 6.07) is 0.433. The van der Waals surface area contributed by atoms with Crippen LogP contribution in [0.4, 0.5) is 0 Å². The van der Waals surface area contributed by atoms with Crippen LogP contribution in [0.5, 0.6) is 0 Å². The van der Waals surface area contributed by atoms with Gasteiger partial charge in [0.1, 0.15) is 0 Å². The summed E-state index contributed by atoms with van der Waals surface area (Å²) in [6.45, 7) is 9.75. The minimum absolute atomic E-state index is 0.219. The third-order valence-electron chi connectivity index (χ3n) is 2.20. The molecule has 0 aliphatic heterocycles. The smallest absolute Gasteiger partial charge is 0.461 e. The minimum Gasteiger partial charge on any atom is -0.485 e. The third kappa shape index (κ3) is 8.14. The topological polar surface area (TPSA) is 81.7 Å². The molecule has 0 heterocycles. The predicted molar refractivity (Wildman–Crippen MR) is 72.4 cm³/mol. The molecule has 0 aliphatic carbocycles. The van der Waals surface area contributed by atoms with Gasteiger partial charge in [0, 0.05) is 38.6 Å². The molecular weight excluding hydrogens is 266 g/mol. The Morgan fingerprint density at radius 2 is 1.58 bits per heavy atom. The molecule has 19 heavy (non-hydrogen) atoms. The normalized spacial score (nSPS) is 10.5. The zero-order valence-electron chi connectivity index (χ0n) is 11.9. The van der Waals surface area contributed by atoms with Crippen LogP contribution in [-0.4, -0.2) is 33.0 Å². The molecule has 1 amide bonds. The first-order valence-corrected chi connectivity index (χ1v) is 8.51. The van der Waals surface area contributed by atoms with Gasteiger partial charge in [0.2, 0.25) is 5.91 Å². The van der Waals surface area contributed by atoms with Crippen LogP contribution in [0.3, 0.4) is 0 Å². The van der Waals surface area contributed by atoms with E-state index < -0.39 is 20.5 Å². The molecule has 0 saturated carbocycles. The van der Waals surface area contributed by atoms with Crippen LogP contribution in [0, 0.1) is 0 Å². The van der Waals surface area contributed by atoms with E-state index in [2.05, 4.69) is 11.9 Å². The lowest BCUT2D eigenvalue weighted by molar-refractivity contribution is -0.138. The van der Waals surface area contributed by atoms with Crippen LogP contribution in [-0.2, 0) is 23.2 Å². The average molecular weight is 287 g/mol. The number of hydrogen-bond donors (Lipinski definition) is 1. The Labute approximate surface area is 114 Å².